The fourth-order valence-electron chi connectivity index (χ4n) is 11.5. The van der Waals surface area contributed by atoms with E-state index < -0.39 is 14.9 Å². The molecule has 0 N–H and O–H groups in total. The summed E-state index contributed by atoms with van der Waals surface area (Å²) in [5.74, 6) is 0. The highest BCUT2D eigenvalue weighted by molar-refractivity contribution is 7.76. The van der Waals surface area contributed by atoms with Crippen molar-refractivity contribution >= 4 is 71.0 Å². The van der Waals surface area contributed by atoms with Gasteiger partial charge in [-0.2, -0.15) is 0 Å². The van der Waals surface area contributed by atoms with Crippen LogP contribution in [0, 0.1) is 0 Å². The van der Waals surface area contributed by atoms with Gasteiger partial charge in [0.05, 0.1) is 33.4 Å². The molecule has 0 bridgehead atoms. The van der Waals surface area contributed by atoms with E-state index in [9.17, 15) is 0 Å². The summed E-state index contributed by atoms with van der Waals surface area (Å²) in [4.78, 5) is 0. The van der Waals surface area contributed by atoms with Crippen LogP contribution in [0.1, 0.15) is 0 Å². The third-order valence-electron chi connectivity index (χ3n) is 15.4. The molecule has 0 saturated carbocycles. The van der Waals surface area contributed by atoms with E-state index in [1.165, 1.54) is 0 Å². The van der Waals surface area contributed by atoms with Gasteiger partial charge in [0.1, 0.15) is 0 Å². The molecule has 0 fully saturated rings. The molecule has 80 heavy (non-hydrogen) atoms. The maximum atomic E-state index is 16.9. The number of para-hydroxylation sites is 4. The van der Waals surface area contributed by atoms with Crippen LogP contribution >= 0.6 is 14.9 Å². The first-order chi connectivity index (χ1) is 39.4. The molecule has 2 aliphatic heterocycles. The second-order valence-electron chi connectivity index (χ2n) is 20.1. The monoisotopic (exact) mass is 1070 g/mol. The molecule has 382 valence electrons. The molecule has 12 aromatic rings. The summed E-state index contributed by atoms with van der Waals surface area (Å²) in [6.07, 6.45) is 0. The molecule has 2 heterocycles. The van der Waals surface area contributed by atoms with Gasteiger partial charge in [0.2, 0.25) is 0 Å². The molecule has 0 atom stereocenters. The van der Waals surface area contributed by atoms with Gasteiger partial charge in [0, 0.05) is 22.7 Å². The number of fused-ring (bicyclic) bond motifs is 2. The van der Waals surface area contributed by atoms with E-state index in [0.29, 0.717) is 10.6 Å². The van der Waals surface area contributed by atoms with Crippen LogP contribution in [0.3, 0.4) is 0 Å². The first-order valence-electron chi connectivity index (χ1n) is 26.9. The Hall–Kier alpha value is -9.70. The predicted octanol–water partition coefficient (Wildman–Crippen LogP) is 19.6. The molecule has 2 aliphatic rings. The normalized spacial score (nSPS) is 13.9. The summed E-state index contributed by atoms with van der Waals surface area (Å²) in [6, 6.07) is 108. The molecule has 0 aromatic heterocycles. The van der Waals surface area contributed by atoms with Crippen molar-refractivity contribution < 1.29 is 9.13 Å². The zero-order valence-electron chi connectivity index (χ0n) is 43.5. The Morgan fingerprint density at radius 2 is 0.338 bits per heavy atom. The van der Waals surface area contributed by atoms with Gasteiger partial charge in [0.15, 0.2) is 0 Å². The molecule has 0 unspecified atom stereocenters. The summed E-state index contributed by atoms with van der Waals surface area (Å²) in [5, 5.41) is 1.37. The van der Waals surface area contributed by atoms with Crippen molar-refractivity contribution in [3.8, 4) is 55.6 Å². The maximum Gasteiger partial charge on any atom is 0.301 e. The highest BCUT2D eigenvalue weighted by Gasteiger charge is 2.50. The molecule has 0 saturated heterocycles. The molecular formula is C72H52N4O2P2. The van der Waals surface area contributed by atoms with Crippen molar-refractivity contribution in [2.45, 2.75) is 0 Å². The second-order valence-corrected chi connectivity index (χ2v) is 24.9. The van der Waals surface area contributed by atoms with Crippen molar-refractivity contribution in [2.75, 3.05) is 18.7 Å². The summed E-state index contributed by atoms with van der Waals surface area (Å²) >= 11 is 0. The third-order valence-corrected chi connectivity index (χ3v) is 21.3. The Morgan fingerprint density at radius 1 is 0.175 bits per heavy atom. The smallest absolute Gasteiger partial charge is 0.270 e. The summed E-state index contributed by atoms with van der Waals surface area (Å²) in [7, 11) is -7.42. The fourth-order valence-corrected chi connectivity index (χ4v) is 17.4. The van der Waals surface area contributed by atoms with E-state index in [4.69, 9.17) is 0 Å². The number of rotatable bonds is 11. The third kappa shape index (κ3) is 8.37. The number of hydrogen-bond donors (Lipinski definition) is 0. The van der Waals surface area contributed by atoms with Crippen LogP contribution in [0.4, 0.5) is 45.5 Å². The highest BCUT2D eigenvalue weighted by Crippen LogP contribution is 2.71. The van der Waals surface area contributed by atoms with E-state index in [1.54, 1.807) is 0 Å². The minimum atomic E-state index is -3.71. The molecule has 0 radical (unpaired) electrons. The average Bonchev–Trinajstić information content (AvgIpc) is 4.15. The molecule has 14 rings (SSSR count). The number of hydrogen-bond acceptors (Lipinski definition) is 2. The van der Waals surface area contributed by atoms with Crippen LogP contribution in [-0.2, 0) is 9.13 Å². The van der Waals surface area contributed by atoms with E-state index in [1.807, 2.05) is 140 Å². The molecule has 0 amide bonds. The SMILES string of the molecule is O=P1(c2ccc(-c3ccc(P4(=O)N(c5ccc(-c6ccccc6)cc5)c5ccccc5N4c4ccc(-c5ccccc5)cc4)cc3)cc2)N(c2ccc(-c3ccccc3)cc2)c2ccccc2N1c1ccc(-c2ccccc2)cc1. The lowest BCUT2D eigenvalue weighted by atomic mass is 10.1. The second kappa shape index (κ2) is 20.3. The maximum absolute atomic E-state index is 16.9. The van der Waals surface area contributed by atoms with Gasteiger partial charge in [-0.25, -0.2) is 0 Å². The van der Waals surface area contributed by atoms with Crippen LogP contribution in [0.25, 0.3) is 55.6 Å². The zero-order chi connectivity index (χ0) is 53.6. The van der Waals surface area contributed by atoms with Crippen molar-refractivity contribution in [1.29, 1.82) is 0 Å². The zero-order valence-corrected chi connectivity index (χ0v) is 45.3. The first-order valence-corrected chi connectivity index (χ1v) is 30.1. The van der Waals surface area contributed by atoms with Gasteiger partial charge in [-0.05, 0) is 153 Å². The van der Waals surface area contributed by atoms with Crippen LogP contribution < -0.4 is 29.3 Å². The number of benzene rings is 12. The topological polar surface area (TPSA) is 47.1 Å². The molecule has 12 aromatic carbocycles. The Morgan fingerprint density at radius 3 is 0.537 bits per heavy atom. The quantitative estimate of drug-likeness (QED) is 0.120. The van der Waals surface area contributed by atoms with Crippen LogP contribution in [0.15, 0.2) is 315 Å². The molecule has 6 nitrogen and oxygen atoms in total. The predicted molar refractivity (Wildman–Crippen MR) is 335 cm³/mol. The minimum absolute atomic E-state index is 0.685. The summed E-state index contributed by atoms with van der Waals surface area (Å²) in [6.45, 7) is 0. The Balaban J connectivity index is 0.852. The largest absolute Gasteiger partial charge is 0.301 e. The van der Waals surface area contributed by atoms with Crippen molar-refractivity contribution in [2.24, 2.45) is 0 Å². The van der Waals surface area contributed by atoms with Gasteiger partial charge >= 0.3 is 14.9 Å². The summed E-state index contributed by atoms with van der Waals surface area (Å²) in [5.41, 5.74) is 17.4. The summed E-state index contributed by atoms with van der Waals surface area (Å²) < 4.78 is 42.0. The Bertz CT molecular complexity index is 3750. The first kappa shape index (κ1) is 48.7. The lowest BCUT2D eigenvalue weighted by Gasteiger charge is -2.33. The average molecular weight is 1070 g/mol. The van der Waals surface area contributed by atoms with E-state index in [0.717, 1.165) is 101 Å². The number of nitrogens with zero attached hydrogens (tertiary/aromatic N) is 4. The molecule has 0 aliphatic carbocycles. The lowest BCUT2D eigenvalue weighted by molar-refractivity contribution is 0.581. The molecular weight excluding hydrogens is 1010 g/mol. The standard InChI is InChI=1S/C72H52N4O2P2/c77-79(73(63-41-29-57(30-42-63)53-17-5-1-6-18-53)69-25-13-14-26-70(69)74(79)64-43-31-58(32-44-64)54-19-7-2-8-20-54)67-49-37-61(38-50-67)62-39-51-68(52-40-62)80(78)75(65-45-33-59(34-46-65)55-21-9-3-10-22-55)71-27-15-16-28-72(71)76(80)66-47-35-60(36-48-66)56-23-11-4-12-24-56/h1-52H. The fraction of sp³-hybridized carbons (Fsp3) is 0. The van der Waals surface area contributed by atoms with Crippen LogP contribution in [0.5, 0.6) is 0 Å². The van der Waals surface area contributed by atoms with Gasteiger partial charge < -0.3 is 0 Å². The van der Waals surface area contributed by atoms with E-state index in [-0.39, 0.29) is 0 Å². The molecule has 0 spiro atoms. The molecule has 8 heteroatoms. The van der Waals surface area contributed by atoms with E-state index in [2.05, 4.69) is 194 Å². The van der Waals surface area contributed by atoms with E-state index >= 15 is 9.13 Å². The lowest BCUT2D eigenvalue weighted by Crippen LogP contribution is -2.26. The Labute approximate surface area is 467 Å². The van der Waals surface area contributed by atoms with Gasteiger partial charge in [0.25, 0.3) is 0 Å². The minimum Gasteiger partial charge on any atom is -0.270 e. The van der Waals surface area contributed by atoms with Crippen molar-refractivity contribution in [3.63, 3.8) is 0 Å². The van der Waals surface area contributed by atoms with Gasteiger partial charge in [-0.1, -0.05) is 218 Å². The van der Waals surface area contributed by atoms with Crippen molar-refractivity contribution in [1.82, 2.24) is 0 Å². The van der Waals surface area contributed by atoms with Crippen LogP contribution in [0.2, 0.25) is 0 Å². The van der Waals surface area contributed by atoms with Gasteiger partial charge in [-0.15, -0.1) is 0 Å². The van der Waals surface area contributed by atoms with Gasteiger partial charge in [-0.3, -0.25) is 27.8 Å². The van der Waals surface area contributed by atoms with Crippen molar-refractivity contribution in [3.05, 3.63) is 315 Å². The number of anilines is 8. The Kier molecular flexibility index (Phi) is 12.3. The highest BCUT2D eigenvalue weighted by atomic mass is 31.2. The van der Waals surface area contributed by atoms with Crippen LogP contribution in [-0.4, -0.2) is 0 Å².